The van der Waals surface area contributed by atoms with E-state index in [-0.39, 0.29) is 30.3 Å². The lowest BCUT2D eigenvalue weighted by atomic mass is 10.0. The van der Waals surface area contributed by atoms with Crippen LogP contribution in [-0.4, -0.2) is 43.7 Å². The number of halogens is 1. The van der Waals surface area contributed by atoms with Gasteiger partial charge in [-0.15, -0.1) is 12.4 Å². The van der Waals surface area contributed by atoms with Crippen molar-refractivity contribution >= 4 is 18.3 Å². The lowest BCUT2D eigenvalue weighted by Gasteiger charge is -2.23. The third-order valence-electron chi connectivity index (χ3n) is 3.31. The lowest BCUT2D eigenvalue weighted by Crippen LogP contribution is -2.37. The van der Waals surface area contributed by atoms with Gasteiger partial charge in [0.2, 0.25) is 5.91 Å². The molecule has 17 heavy (non-hydrogen) atoms. The van der Waals surface area contributed by atoms with Crippen LogP contribution in [0, 0.1) is 11.8 Å². The number of nitrogens with zero attached hydrogens (tertiary/aromatic N) is 1. The van der Waals surface area contributed by atoms with Crippen molar-refractivity contribution in [2.45, 2.75) is 32.7 Å². The number of hydrogen-bond acceptors (Lipinski definition) is 3. The Labute approximate surface area is 110 Å². The molecular formula is C12H25ClN2O2. The second kappa shape index (κ2) is 7.90. The maximum absolute atomic E-state index is 11.9. The van der Waals surface area contributed by atoms with Crippen molar-refractivity contribution in [3.63, 3.8) is 0 Å². The zero-order valence-corrected chi connectivity index (χ0v) is 11.8. The van der Waals surface area contributed by atoms with Gasteiger partial charge in [-0.2, -0.15) is 0 Å². The van der Waals surface area contributed by atoms with Crippen molar-refractivity contribution in [3.05, 3.63) is 0 Å². The molecule has 1 saturated heterocycles. The predicted octanol–water partition coefficient (Wildman–Crippen LogP) is 1.28. The van der Waals surface area contributed by atoms with E-state index in [9.17, 15) is 4.79 Å². The molecule has 0 saturated carbocycles. The second-order valence-electron chi connectivity index (χ2n) is 5.02. The molecule has 0 bridgehead atoms. The fraction of sp³-hybridized carbons (Fsp3) is 0.917. The van der Waals surface area contributed by atoms with Gasteiger partial charge in [-0.1, -0.05) is 13.8 Å². The molecule has 0 aliphatic carbocycles. The van der Waals surface area contributed by atoms with Gasteiger partial charge >= 0.3 is 0 Å². The molecule has 5 heteroatoms. The predicted molar refractivity (Wildman–Crippen MR) is 71.2 cm³/mol. The van der Waals surface area contributed by atoms with Gasteiger partial charge in [0, 0.05) is 26.2 Å². The van der Waals surface area contributed by atoms with E-state index in [1.165, 1.54) is 0 Å². The molecule has 2 unspecified atom stereocenters. The van der Waals surface area contributed by atoms with Crippen LogP contribution >= 0.6 is 12.4 Å². The number of amides is 1. The lowest BCUT2D eigenvalue weighted by molar-refractivity contribution is -0.134. The van der Waals surface area contributed by atoms with Gasteiger partial charge in [0.05, 0.1) is 12.5 Å². The van der Waals surface area contributed by atoms with Gasteiger partial charge in [0.15, 0.2) is 0 Å². The molecule has 0 aromatic carbocycles. The largest absolute Gasteiger partial charge is 0.381 e. The Hall–Kier alpha value is -0.320. The zero-order valence-electron chi connectivity index (χ0n) is 11.0. The van der Waals surface area contributed by atoms with Crippen molar-refractivity contribution in [1.29, 1.82) is 0 Å². The quantitative estimate of drug-likeness (QED) is 0.814. The molecule has 1 aliphatic heterocycles. The summed E-state index contributed by atoms with van der Waals surface area (Å²) in [5.41, 5.74) is 5.96. The summed E-state index contributed by atoms with van der Waals surface area (Å²) in [5, 5.41) is 0. The fourth-order valence-electron chi connectivity index (χ4n) is 1.83. The van der Waals surface area contributed by atoms with Crippen LogP contribution in [0.15, 0.2) is 0 Å². The molecular weight excluding hydrogens is 240 g/mol. The summed E-state index contributed by atoms with van der Waals surface area (Å²) in [6.07, 6.45) is 1.73. The minimum atomic E-state index is 0. The third-order valence-corrected chi connectivity index (χ3v) is 3.31. The minimum absolute atomic E-state index is 0. The van der Waals surface area contributed by atoms with E-state index in [4.69, 9.17) is 10.5 Å². The van der Waals surface area contributed by atoms with Gasteiger partial charge < -0.3 is 15.4 Å². The van der Waals surface area contributed by atoms with Crippen LogP contribution < -0.4 is 5.73 Å². The Balaban J connectivity index is 0.00000256. The van der Waals surface area contributed by atoms with Gasteiger partial charge in [0.1, 0.15) is 0 Å². The highest BCUT2D eigenvalue weighted by Gasteiger charge is 2.26. The molecule has 1 amide bonds. The average Bonchev–Trinajstić information content (AvgIpc) is 2.77. The van der Waals surface area contributed by atoms with E-state index in [0.717, 1.165) is 26.0 Å². The Bertz CT molecular complexity index is 231. The van der Waals surface area contributed by atoms with Crippen LogP contribution in [-0.2, 0) is 9.53 Å². The Morgan fingerprint density at radius 3 is 2.65 bits per heavy atom. The molecule has 4 nitrogen and oxygen atoms in total. The van der Waals surface area contributed by atoms with Crippen LogP contribution in [0.2, 0.25) is 0 Å². The van der Waals surface area contributed by atoms with E-state index in [0.29, 0.717) is 12.5 Å². The maximum atomic E-state index is 11.9. The van der Waals surface area contributed by atoms with Crippen molar-refractivity contribution in [2.75, 3.05) is 26.8 Å². The normalized spacial score (nSPS) is 21.1. The van der Waals surface area contributed by atoms with Crippen molar-refractivity contribution in [2.24, 2.45) is 17.6 Å². The first kappa shape index (κ1) is 16.7. The molecule has 2 N–H and O–H groups in total. The number of ether oxygens (including phenoxy) is 1. The molecule has 1 fully saturated rings. The van der Waals surface area contributed by atoms with Gasteiger partial charge in [0.25, 0.3) is 0 Å². The summed E-state index contributed by atoms with van der Waals surface area (Å²) >= 11 is 0. The number of carbonyl (C=O) groups excluding carboxylic acids is 1. The van der Waals surface area contributed by atoms with Crippen LogP contribution in [0.3, 0.4) is 0 Å². The highest BCUT2D eigenvalue weighted by Crippen LogP contribution is 2.15. The summed E-state index contributed by atoms with van der Waals surface area (Å²) in [6, 6.07) is 0.176. The van der Waals surface area contributed by atoms with Crippen molar-refractivity contribution < 1.29 is 9.53 Å². The van der Waals surface area contributed by atoms with Crippen molar-refractivity contribution in [1.82, 2.24) is 4.90 Å². The SMILES string of the molecule is CC(C)C(N)CCN(C)C(=O)C1CCOC1.Cl. The van der Waals surface area contributed by atoms with Crippen LogP contribution in [0.5, 0.6) is 0 Å². The maximum Gasteiger partial charge on any atom is 0.227 e. The number of rotatable bonds is 5. The summed E-state index contributed by atoms with van der Waals surface area (Å²) in [7, 11) is 1.85. The van der Waals surface area contributed by atoms with E-state index in [1.54, 1.807) is 4.90 Å². The van der Waals surface area contributed by atoms with E-state index >= 15 is 0 Å². The van der Waals surface area contributed by atoms with Gasteiger partial charge in [-0.3, -0.25) is 4.79 Å². The highest BCUT2D eigenvalue weighted by molar-refractivity contribution is 5.85. The number of hydrogen-bond donors (Lipinski definition) is 1. The molecule has 0 aromatic rings. The topological polar surface area (TPSA) is 55.6 Å². The number of nitrogens with two attached hydrogens (primary N) is 1. The molecule has 1 aliphatic rings. The smallest absolute Gasteiger partial charge is 0.227 e. The molecule has 0 spiro atoms. The van der Waals surface area contributed by atoms with Gasteiger partial charge in [-0.05, 0) is 18.8 Å². The highest BCUT2D eigenvalue weighted by atomic mass is 35.5. The van der Waals surface area contributed by atoms with E-state index in [1.807, 2.05) is 7.05 Å². The van der Waals surface area contributed by atoms with Crippen molar-refractivity contribution in [3.8, 4) is 0 Å². The minimum Gasteiger partial charge on any atom is -0.381 e. The summed E-state index contributed by atoms with van der Waals surface area (Å²) in [6.45, 7) is 6.26. The molecule has 0 radical (unpaired) electrons. The van der Waals surface area contributed by atoms with E-state index in [2.05, 4.69) is 13.8 Å². The van der Waals surface area contributed by atoms with Gasteiger partial charge in [-0.25, -0.2) is 0 Å². The van der Waals surface area contributed by atoms with Crippen LogP contribution in [0.25, 0.3) is 0 Å². The summed E-state index contributed by atoms with van der Waals surface area (Å²) in [5.74, 6) is 0.743. The summed E-state index contributed by atoms with van der Waals surface area (Å²) < 4.78 is 5.22. The Morgan fingerprint density at radius 1 is 1.53 bits per heavy atom. The molecule has 1 rings (SSSR count). The monoisotopic (exact) mass is 264 g/mol. The molecule has 1 heterocycles. The molecule has 102 valence electrons. The first-order valence-electron chi connectivity index (χ1n) is 6.10. The van der Waals surface area contributed by atoms with Crippen LogP contribution in [0.4, 0.5) is 0 Å². The first-order valence-corrected chi connectivity index (χ1v) is 6.10. The second-order valence-corrected chi connectivity index (χ2v) is 5.02. The average molecular weight is 265 g/mol. The Morgan fingerprint density at radius 2 is 2.18 bits per heavy atom. The Kier molecular flexibility index (Phi) is 7.75. The zero-order chi connectivity index (χ0) is 12.1. The number of carbonyl (C=O) groups is 1. The van der Waals surface area contributed by atoms with Crippen LogP contribution in [0.1, 0.15) is 26.7 Å². The fourth-order valence-corrected chi connectivity index (χ4v) is 1.83. The first-order chi connectivity index (χ1) is 7.52. The third kappa shape index (κ3) is 5.23. The van der Waals surface area contributed by atoms with E-state index < -0.39 is 0 Å². The molecule has 0 aromatic heterocycles. The molecule has 2 atom stereocenters. The summed E-state index contributed by atoms with van der Waals surface area (Å²) in [4.78, 5) is 13.7. The standard InChI is InChI=1S/C12H24N2O2.ClH/c1-9(2)11(13)4-6-14(3)12(15)10-5-7-16-8-10;/h9-11H,4-8,13H2,1-3H3;1H.